The lowest BCUT2D eigenvalue weighted by Crippen LogP contribution is -2.20. The zero-order valence-electron chi connectivity index (χ0n) is 10.5. The van der Waals surface area contributed by atoms with Crippen LogP contribution in [0.3, 0.4) is 0 Å². The number of benzene rings is 1. The molecule has 0 saturated heterocycles. The SMILES string of the molecule is CCOC(=O)/C(C)=N/N(C)Cc1ccccc1. The summed E-state index contributed by atoms with van der Waals surface area (Å²) in [6.45, 7) is 4.46. The summed E-state index contributed by atoms with van der Waals surface area (Å²) < 4.78 is 4.86. The van der Waals surface area contributed by atoms with E-state index in [1.54, 1.807) is 18.9 Å². The van der Waals surface area contributed by atoms with E-state index < -0.39 is 0 Å². The monoisotopic (exact) mass is 234 g/mol. The van der Waals surface area contributed by atoms with Crippen molar-refractivity contribution in [3.8, 4) is 0 Å². The van der Waals surface area contributed by atoms with E-state index in [4.69, 9.17) is 4.74 Å². The molecule has 0 amide bonds. The number of carbonyl (C=O) groups is 1. The molecule has 0 bridgehead atoms. The van der Waals surface area contributed by atoms with Gasteiger partial charge in [-0.3, -0.25) is 5.01 Å². The van der Waals surface area contributed by atoms with E-state index in [9.17, 15) is 4.79 Å². The summed E-state index contributed by atoms with van der Waals surface area (Å²) >= 11 is 0. The average Bonchev–Trinajstić information content (AvgIpc) is 2.30. The molecule has 0 N–H and O–H groups in total. The van der Waals surface area contributed by atoms with Gasteiger partial charge >= 0.3 is 5.97 Å². The summed E-state index contributed by atoms with van der Waals surface area (Å²) in [7, 11) is 1.83. The topological polar surface area (TPSA) is 41.9 Å². The number of esters is 1. The third-order valence-corrected chi connectivity index (χ3v) is 2.15. The number of nitrogens with zero attached hydrogens (tertiary/aromatic N) is 2. The molecule has 4 heteroatoms. The standard InChI is InChI=1S/C13H18N2O2/c1-4-17-13(16)11(2)14-15(3)10-12-8-6-5-7-9-12/h5-9H,4,10H2,1-3H3/b14-11+. The third-order valence-electron chi connectivity index (χ3n) is 2.15. The summed E-state index contributed by atoms with van der Waals surface area (Å²) in [5.74, 6) is -0.368. The van der Waals surface area contributed by atoms with Gasteiger partial charge in [0.15, 0.2) is 0 Å². The molecule has 0 unspecified atom stereocenters. The fourth-order valence-electron chi connectivity index (χ4n) is 1.42. The quantitative estimate of drug-likeness (QED) is 0.445. The first kappa shape index (κ1) is 13.2. The predicted octanol–water partition coefficient (Wildman–Crippen LogP) is 2.06. The summed E-state index contributed by atoms with van der Waals surface area (Å²) in [6, 6.07) is 9.96. The van der Waals surface area contributed by atoms with Crippen LogP contribution in [0.2, 0.25) is 0 Å². The van der Waals surface area contributed by atoms with Gasteiger partial charge in [-0.05, 0) is 19.4 Å². The molecule has 17 heavy (non-hydrogen) atoms. The first-order valence-electron chi connectivity index (χ1n) is 5.61. The van der Waals surface area contributed by atoms with Crippen molar-refractivity contribution in [3.63, 3.8) is 0 Å². The minimum atomic E-state index is -0.368. The number of ether oxygens (including phenoxy) is 1. The normalized spacial score (nSPS) is 11.1. The van der Waals surface area contributed by atoms with Crippen LogP contribution in [0.4, 0.5) is 0 Å². The molecule has 0 aliphatic heterocycles. The molecule has 1 rings (SSSR count). The second-order valence-corrected chi connectivity index (χ2v) is 3.71. The number of hydrogen-bond donors (Lipinski definition) is 0. The fourth-order valence-corrected chi connectivity index (χ4v) is 1.42. The highest BCUT2D eigenvalue weighted by Crippen LogP contribution is 2.03. The van der Waals surface area contributed by atoms with E-state index in [0.29, 0.717) is 18.9 Å². The Kier molecular flexibility index (Phi) is 5.20. The lowest BCUT2D eigenvalue weighted by atomic mass is 10.2. The smallest absolute Gasteiger partial charge is 0.354 e. The Morgan fingerprint density at radius 1 is 1.35 bits per heavy atom. The maximum atomic E-state index is 11.4. The van der Waals surface area contributed by atoms with Crippen molar-refractivity contribution in [1.29, 1.82) is 0 Å². The van der Waals surface area contributed by atoms with Crippen LogP contribution in [-0.4, -0.2) is 30.3 Å². The molecule has 0 aliphatic rings. The van der Waals surface area contributed by atoms with Crippen LogP contribution >= 0.6 is 0 Å². The molecular formula is C13H18N2O2. The molecule has 0 spiro atoms. The number of hydrazone groups is 1. The first-order chi connectivity index (χ1) is 8.13. The summed E-state index contributed by atoms with van der Waals surface area (Å²) in [5, 5.41) is 5.89. The molecule has 0 atom stereocenters. The van der Waals surface area contributed by atoms with E-state index in [-0.39, 0.29) is 5.97 Å². The molecule has 1 aromatic carbocycles. The van der Waals surface area contributed by atoms with Gasteiger partial charge in [-0.15, -0.1) is 0 Å². The first-order valence-corrected chi connectivity index (χ1v) is 5.61. The number of hydrogen-bond acceptors (Lipinski definition) is 4. The maximum Gasteiger partial charge on any atom is 0.354 e. The molecule has 4 nitrogen and oxygen atoms in total. The van der Waals surface area contributed by atoms with Gasteiger partial charge in [-0.1, -0.05) is 30.3 Å². The van der Waals surface area contributed by atoms with Gasteiger partial charge in [0.2, 0.25) is 0 Å². The summed E-state index contributed by atoms with van der Waals surface area (Å²) in [6.07, 6.45) is 0. The van der Waals surface area contributed by atoms with Crippen molar-refractivity contribution >= 4 is 11.7 Å². The molecule has 1 aromatic rings. The molecule has 0 saturated carbocycles. The zero-order chi connectivity index (χ0) is 12.7. The van der Waals surface area contributed by atoms with Crippen molar-refractivity contribution in [2.24, 2.45) is 5.10 Å². The Bertz CT molecular complexity index is 388. The van der Waals surface area contributed by atoms with Crippen molar-refractivity contribution in [1.82, 2.24) is 5.01 Å². The zero-order valence-corrected chi connectivity index (χ0v) is 10.5. The van der Waals surface area contributed by atoms with E-state index in [2.05, 4.69) is 5.10 Å². The molecule has 0 radical (unpaired) electrons. The molecule has 0 fully saturated rings. The van der Waals surface area contributed by atoms with Gasteiger partial charge in [-0.25, -0.2) is 4.79 Å². The van der Waals surface area contributed by atoms with Crippen molar-refractivity contribution in [3.05, 3.63) is 35.9 Å². The van der Waals surface area contributed by atoms with Crippen LogP contribution in [0.5, 0.6) is 0 Å². The molecule has 0 heterocycles. The van der Waals surface area contributed by atoms with E-state index in [1.807, 2.05) is 37.4 Å². The molecule has 0 aromatic heterocycles. The molecular weight excluding hydrogens is 216 g/mol. The van der Waals surface area contributed by atoms with Crippen LogP contribution in [0, 0.1) is 0 Å². The Morgan fingerprint density at radius 2 is 2.00 bits per heavy atom. The van der Waals surface area contributed by atoms with Crippen LogP contribution < -0.4 is 0 Å². The highest BCUT2D eigenvalue weighted by atomic mass is 16.5. The number of rotatable bonds is 5. The largest absolute Gasteiger partial charge is 0.461 e. The van der Waals surface area contributed by atoms with Crippen molar-refractivity contribution in [2.45, 2.75) is 20.4 Å². The fraction of sp³-hybridized carbons (Fsp3) is 0.385. The average molecular weight is 234 g/mol. The second-order valence-electron chi connectivity index (χ2n) is 3.71. The Balaban J connectivity index is 2.56. The van der Waals surface area contributed by atoms with Gasteiger partial charge in [0.25, 0.3) is 0 Å². The molecule has 92 valence electrons. The lowest BCUT2D eigenvalue weighted by molar-refractivity contribution is -0.135. The van der Waals surface area contributed by atoms with Gasteiger partial charge < -0.3 is 4.74 Å². The minimum absolute atomic E-state index is 0.366. The second kappa shape index (κ2) is 6.68. The van der Waals surface area contributed by atoms with Gasteiger partial charge in [0, 0.05) is 7.05 Å². The van der Waals surface area contributed by atoms with E-state index in [0.717, 1.165) is 5.56 Å². The highest BCUT2D eigenvalue weighted by molar-refractivity contribution is 6.35. The summed E-state index contributed by atoms with van der Waals surface area (Å²) in [5.41, 5.74) is 1.51. The Morgan fingerprint density at radius 3 is 2.59 bits per heavy atom. The van der Waals surface area contributed by atoms with Gasteiger partial charge in [-0.2, -0.15) is 5.10 Å². The van der Waals surface area contributed by atoms with Crippen molar-refractivity contribution < 1.29 is 9.53 Å². The summed E-state index contributed by atoms with van der Waals surface area (Å²) in [4.78, 5) is 11.4. The Labute approximate surface area is 102 Å². The van der Waals surface area contributed by atoms with E-state index in [1.165, 1.54) is 0 Å². The Hall–Kier alpha value is -1.84. The van der Waals surface area contributed by atoms with Crippen LogP contribution in [-0.2, 0) is 16.1 Å². The maximum absolute atomic E-state index is 11.4. The van der Waals surface area contributed by atoms with Crippen LogP contribution in [0.25, 0.3) is 0 Å². The predicted molar refractivity (Wildman–Crippen MR) is 67.7 cm³/mol. The van der Waals surface area contributed by atoms with Crippen LogP contribution in [0.1, 0.15) is 19.4 Å². The van der Waals surface area contributed by atoms with Crippen LogP contribution in [0.15, 0.2) is 35.4 Å². The highest BCUT2D eigenvalue weighted by Gasteiger charge is 2.07. The third kappa shape index (κ3) is 4.68. The van der Waals surface area contributed by atoms with E-state index >= 15 is 0 Å². The van der Waals surface area contributed by atoms with Gasteiger partial charge in [0.05, 0.1) is 13.2 Å². The lowest BCUT2D eigenvalue weighted by Gasteiger charge is -2.14. The van der Waals surface area contributed by atoms with Gasteiger partial charge in [0.1, 0.15) is 5.71 Å². The molecule has 0 aliphatic carbocycles. The number of carbonyl (C=O) groups excluding carboxylic acids is 1. The minimum Gasteiger partial charge on any atom is -0.461 e. The van der Waals surface area contributed by atoms with Crippen molar-refractivity contribution in [2.75, 3.05) is 13.7 Å².